The van der Waals surface area contributed by atoms with E-state index < -0.39 is 5.97 Å². The van der Waals surface area contributed by atoms with E-state index in [1.54, 1.807) is 0 Å². The highest BCUT2D eigenvalue weighted by Gasteiger charge is 1.97. The summed E-state index contributed by atoms with van der Waals surface area (Å²) < 4.78 is 53.7. The molecule has 0 aliphatic heterocycles. The average Bonchev–Trinajstić information content (AvgIpc) is 2.94. The number of aliphatic carboxylic acids is 1. The first-order valence-corrected chi connectivity index (χ1v) is 13.3. The number of rotatable bonds is 31. The summed E-state index contributed by atoms with van der Waals surface area (Å²) in [6.45, 7) is 8.81. The van der Waals surface area contributed by atoms with Crippen LogP contribution in [-0.2, 0) is 58.8 Å². The van der Waals surface area contributed by atoms with E-state index in [0.29, 0.717) is 119 Å². The minimum absolute atomic E-state index is 0.245. The van der Waals surface area contributed by atoms with Gasteiger partial charge in [0.2, 0.25) is 0 Å². The summed E-state index contributed by atoms with van der Waals surface area (Å²) in [4.78, 5) is 10.2. The third kappa shape index (κ3) is 27.6. The van der Waals surface area contributed by atoms with E-state index in [2.05, 4.69) is 0 Å². The van der Waals surface area contributed by atoms with Crippen LogP contribution in [0.5, 0.6) is 0 Å². The molecule has 0 heterocycles. The first-order valence-electron chi connectivity index (χ1n) is 13.3. The van der Waals surface area contributed by atoms with E-state index >= 15 is 0 Å². The first kappa shape index (κ1) is 35.3. The van der Waals surface area contributed by atoms with Crippen molar-refractivity contribution < 1.29 is 57.3 Å². The Bertz CT molecular complexity index is 634. The molecular weight excluding hydrogens is 516 g/mol. The van der Waals surface area contributed by atoms with E-state index in [4.69, 9.17) is 52.5 Å². The summed E-state index contributed by atoms with van der Waals surface area (Å²) in [5.41, 5.74) is 1.15. The van der Waals surface area contributed by atoms with E-state index in [1.807, 2.05) is 30.3 Å². The van der Waals surface area contributed by atoms with E-state index in [9.17, 15) is 4.79 Å². The second-order valence-electron chi connectivity index (χ2n) is 7.88. The molecule has 1 aromatic rings. The highest BCUT2D eigenvalue weighted by atomic mass is 16.6. The molecule has 0 unspecified atom stereocenters. The van der Waals surface area contributed by atoms with Gasteiger partial charge in [-0.15, -0.1) is 0 Å². The van der Waals surface area contributed by atoms with Crippen LogP contribution in [0, 0.1) is 0 Å². The number of carbonyl (C=O) groups is 1. The fourth-order valence-electron chi connectivity index (χ4n) is 2.80. The number of ether oxygens (including phenoxy) is 10. The molecule has 0 saturated heterocycles. The van der Waals surface area contributed by atoms with Crippen LogP contribution in [0.2, 0.25) is 0 Å². The van der Waals surface area contributed by atoms with Gasteiger partial charge in [0.25, 0.3) is 0 Å². The fourth-order valence-corrected chi connectivity index (χ4v) is 2.80. The van der Waals surface area contributed by atoms with E-state index in [1.165, 1.54) is 0 Å². The molecule has 12 heteroatoms. The van der Waals surface area contributed by atoms with Crippen LogP contribution in [0.15, 0.2) is 30.3 Å². The highest BCUT2D eigenvalue weighted by Crippen LogP contribution is 2.00. The zero-order valence-corrected chi connectivity index (χ0v) is 23.0. The lowest BCUT2D eigenvalue weighted by Gasteiger charge is -2.09. The molecule has 0 aromatic heterocycles. The van der Waals surface area contributed by atoms with Gasteiger partial charge in [0.15, 0.2) is 0 Å². The van der Waals surface area contributed by atoms with Crippen molar-refractivity contribution in [3.05, 3.63) is 35.9 Å². The van der Waals surface area contributed by atoms with Crippen LogP contribution in [0.3, 0.4) is 0 Å². The van der Waals surface area contributed by atoms with Crippen LogP contribution >= 0.6 is 0 Å². The lowest BCUT2D eigenvalue weighted by atomic mass is 10.2. The Kier molecular flexibility index (Phi) is 26.5. The topological polar surface area (TPSA) is 130 Å². The van der Waals surface area contributed by atoms with Crippen LogP contribution in [0.1, 0.15) is 5.56 Å². The predicted molar refractivity (Wildman–Crippen MR) is 141 cm³/mol. The fraction of sp³-hybridized carbons (Fsp3) is 0.741. The SMILES string of the molecule is O=C(O)COCCOCCOCCOCCOCCOCCOCCOCCOCCOCc1ccccc1. The zero-order valence-electron chi connectivity index (χ0n) is 23.0. The molecule has 0 spiro atoms. The molecule has 12 nitrogen and oxygen atoms in total. The van der Waals surface area contributed by atoms with Gasteiger partial charge in [0.05, 0.1) is 126 Å². The van der Waals surface area contributed by atoms with Crippen molar-refractivity contribution in [1.29, 1.82) is 0 Å². The average molecular weight is 563 g/mol. The lowest BCUT2D eigenvalue weighted by Crippen LogP contribution is -2.15. The monoisotopic (exact) mass is 562 g/mol. The minimum Gasteiger partial charge on any atom is -0.480 e. The quantitative estimate of drug-likeness (QED) is 0.131. The molecule has 0 radical (unpaired) electrons. The molecule has 0 aliphatic rings. The Labute approximate surface area is 231 Å². The number of hydrogen-bond donors (Lipinski definition) is 1. The Morgan fingerprint density at radius 2 is 0.718 bits per heavy atom. The van der Waals surface area contributed by atoms with E-state index in [0.717, 1.165) is 5.56 Å². The third-order valence-corrected chi connectivity index (χ3v) is 4.69. The van der Waals surface area contributed by atoms with Crippen LogP contribution in [0.25, 0.3) is 0 Å². The molecule has 0 amide bonds. The number of hydrogen-bond acceptors (Lipinski definition) is 11. The highest BCUT2D eigenvalue weighted by molar-refractivity contribution is 5.67. The van der Waals surface area contributed by atoms with Crippen LogP contribution < -0.4 is 0 Å². The van der Waals surface area contributed by atoms with Crippen LogP contribution in [0.4, 0.5) is 0 Å². The van der Waals surface area contributed by atoms with Gasteiger partial charge in [-0.1, -0.05) is 30.3 Å². The Balaban J connectivity index is 1.63. The molecule has 39 heavy (non-hydrogen) atoms. The molecule has 1 aromatic carbocycles. The lowest BCUT2D eigenvalue weighted by molar-refractivity contribution is -0.142. The molecule has 0 fully saturated rings. The second kappa shape index (κ2) is 29.3. The van der Waals surface area contributed by atoms with Gasteiger partial charge < -0.3 is 52.5 Å². The van der Waals surface area contributed by atoms with Crippen molar-refractivity contribution in [2.45, 2.75) is 6.61 Å². The van der Waals surface area contributed by atoms with E-state index in [-0.39, 0.29) is 13.2 Å². The normalized spacial score (nSPS) is 11.3. The molecule has 0 bridgehead atoms. The molecule has 0 saturated carbocycles. The van der Waals surface area contributed by atoms with Crippen molar-refractivity contribution >= 4 is 5.97 Å². The standard InChI is InChI=1S/C27H46O12/c28-27(29)25-39-23-21-37-19-17-35-15-13-33-11-9-31-7-6-30-8-10-32-12-14-34-16-18-36-20-22-38-24-26-4-2-1-3-5-26/h1-5H,6-25H2,(H,28,29). The summed E-state index contributed by atoms with van der Waals surface area (Å²) in [6, 6.07) is 10.0. The maximum Gasteiger partial charge on any atom is 0.329 e. The van der Waals surface area contributed by atoms with Crippen molar-refractivity contribution in [2.75, 3.05) is 126 Å². The summed E-state index contributed by atoms with van der Waals surface area (Å²) >= 11 is 0. The van der Waals surface area contributed by atoms with Crippen molar-refractivity contribution in [3.8, 4) is 0 Å². The van der Waals surface area contributed by atoms with Gasteiger partial charge in [-0.25, -0.2) is 4.79 Å². The van der Waals surface area contributed by atoms with Gasteiger partial charge in [0, 0.05) is 0 Å². The smallest absolute Gasteiger partial charge is 0.329 e. The van der Waals surface area contributed by atoms with Gasteiger partial charge in [0.1, 0.15) is 6.61 Å². The molecule has 0 atom stereocenters. The van der Waals surface area contributed by atoms with Gasteiger partial charge in [-0.05, 0) is 5.56 Å². The van der Waals surface area contributed by atoms with Gasteiger partial charge in [-0.2, -0.15) is 0 Å². The van der Waals surface area contributed by atoms with Crippen molar-refractivity contribution in [2.24, 2.45) is 0 Å². The molecule has 1 rings (SSSR count). The van der Waals surface area contributed by atoms with Gasteiger partial charge >= 0.3 is 5.97 Å². The van der Waals surface area contributed by atoms with Gasteiger partial charge in [-0.3, -0.25) is 0 Å². The second-order valence-corrected chi connectivity index (χ2v) is 7.88. The molecule has 226 valence electrons. The zero-order chi connectivity index (χ0) is 27.9. The van der Waals surface area contributed by atoms with Crippen LogP contribution in [-0.4, -0.2) is 137 Å². The minimum atomic E-state index is -0.994. The predicted octanol–water partition coefficient (Wildman–Crippen LogP) is 1.44. The summed E-state index contributed by atoms with van der Waals surface area (Å²) in [7, 11) is 0. The summed E-state index contributed by atoms with van der Waals surface area (Å²) in [5, 5.41) is 8.41. The Morgan fingerprint density at radius 3 is 1.03 bits per heavy atom. The number of carboxylic acid groups (broad SMARTS) is 1. The largest absolute Gasteiger partial charge is 0.480 e. The Morgan fingerprint density at radius 1 is 0.436 bits per heavy atom. The third-order valence-electron chi connectivity index (χ3n) is 4.69. The Hall–Kier alpha value is -1.71. The number of benzene rings is 1. The maximum atomic E-state index is 10.2. The van der Waals surface area contributed by atoms with Crippen molar-refractivity contribution in [1.82, 2.24) is 0 Å². The molecule has 1 N–H and O–H groups in total. The number of carboxylic acids is 1. The maximum absolute atomic E-state index is 10.2. The molecule has 0 aliphatic carbocycles. The molecular formula is C27H46O12. The van der Waals surface area contributed by atoms with Crippen molar-refractivity contribution in [3.63, 3.8) is 0 Å². The summed E-state index contributed by atoms with van der Waals surface area (Å²) in [5.74, 6) is -0.994. The summed E-state index contributed by atoms with van der Waals surface area (Å²) in [6.07, 6.45) is 0. The first-order chi connectivity index (χ1) is 19.3.